The molecule has 0 bridgehead atoms. The maximum atomic E-state index is 15.3. The Labute approximate surface area is 239 Å². The normalized spacial score (nSPS) is 11.0. The molecule has 4 aromatic carbocycles. The van der Waals surface area contributed by atoms with Crippen LogP contribution in [0.25, 0.3) is 21.3 Å². The minimum Gasteiger partial charge on any atom is -0.506 e. The largest absolute Gasteiger partial charge is 0.506 e. The number of fused-ring (bicyclic) bond motifs is 1. The molecule has 210 valence electrons. The average Bonchev–Trinajstić information content (AvgIpc) is 3.34. The Kier molecular flexibility index (Phi) is 8.11. The van der Waals surface area contributed by atoms with Crippen molar-refractivity contribution in [3.05, 3.63) is 95.8 Å². The number of aromatic nitrogens is 1. The number of hydrogen-bond acceptors (Lipinski definition) is 5. The number of urea groups is 1. The van der Waals surface area contributed by atoms with Gasteiger partial charge in [-0.2, -0.15) is 0 Å². The van der Waals surface area contributed by atoms with Gasteiger partial charge in [0.2, 0.25) is 0 Å². The number of carbonyl (C=O) groups excluding carboxylic acids is 1. The predicted molar refractivity (Wildman–Crippen MR) is 159 cm³/mol. The summed E-state index contributed by atoms with van der Waals surface area (Å²) in [6.07, 6.45) is 1.05. The van der Waals surface area contributed by atoms with Gasteiger partial charge in [-0.25, -0.2) is 22.9 Å². The molecule has 6 nitrogen and oxygen atoms in total. The van der Waals surface area contributed by atoms with E-state index in [0.29, 0.717) is 62.9 Å². The van der Waals surface area contributed by atoms with Gasteiger partial charge in [0.15, 0.2) is 5.13 Å². The van der Waals surface area contributed by atoms with E-state index in [2.05, 4.69) is 15.6 Å². The number of carbonyl (C=O) groups is 1. The number of para-hydroxylation sites is 2. The topological polar surface area (TPSA) is 77.5 Å². The van der Waals surface area contributed by atoms with Crippen molar-refractivity contribution >= 4 is 49.8 Å². The van der Waals surface area contributed by atoms with Gasteiger partial charge in [0.1, 0.15) is 23.2 Å². The van der Waals surface area contributed by atoms with Crippen molar-refractivity contribution in [3.63, 3.8) is 0 Å². The Morgan fingerprint density at radius 2 is 1.68 bits per heavy atom. The lowest BCUT2D eigenvalue weighted by Gasteiger charge is -2.30. The minimum atomic E-state index is -0.618. The SMILES string of the molecule is CCCN(c1ccccc1NC(=O)Nc1nc2ccc(F)cc2s1)c1c(O)cc(F)c(-c2ccc(F)cc2)c1CC. The Bertz CT molecular complexity index is 1720. The fourth-order valence-electron chi connectivity index (χ4n) is 4.85. The third-order valence-corrected chi connectivity index (χ3v) is 7.48. The first-order valence-electron chi connectivity index (χ1n) is 13.1. The summed E-state index contributed by atoms with van der Waals surface area (Å²) in [4.78, 5) is 19.2. The molecular weight excluding hydrogens is 549 g/mol. The number of aromatic hydroxyl groups is 1. The Hall–Kier alpha value is -4.57. The molecule has 3 N–H and O–H groups in total. The second-order valence-electron chi connectivity index (χ2n) is 9.32. The van der Waals surface area contributed by atoms with Crippen LogP contribution in [0.2, 0.25) is 0 Å². The van der Waals surface area contributed by atoms with Gasteiger partial charge in [-0.1, -0.05) is 49.4 Å². The lowest BCUT2D eigenvalue weighted by Crippen LogP contribution is -2.24. The van der Waals surface area contributed by atoms with E-state index in [-0.39, 0.29) is 17.1 Å². The average molecular weight is 577 g/mol. The van der Waals surface area contributed by atoms with Crippen molar-refractivity contribution in [2.75, 3.05) is 22.1 Å². The number of hydrogen-bond donors (Lipinski definition) is 3. The molecule has 0 aliphatic heterocycles. The lowest BCUT2D eigenvalue weighted by molar-refractivity contribution is 0.262. The van der Waals surface area contributed by atoms with Gasteiger partial charge < -0.3 is 15.3 Å². The summed E-state index contributed by atoms with van der Waals surface area (Å²) in [7, 11) is 0. The molecule has 5 aromatic rings. The van der Waals surface area contributed by atoms with Crippen molar-refractivity contribution in [1.29, 1.82) is 0 Å². The molecule has 0 saturated heterocycles. The van der Waals surface area contributed by atoms with Crippen molar-refractivity contribution in [3.8, 4) is 16.9 Å². The first-order chi connectivity index (χ1) is 19.8. The van der Waals surface area contributed by atoms with E-state index in [1.54, 1.807) is 30.3 Å². The number of benzene rings is 4. The molecule has 0 atom stereocenters. The van der Waals surface area contributed by atoms with Crippen LogP contribution in [0.3, 0.4) is 0 Å². The van der Waals surface area contributed by atoms with E-state index in [4.69, 9.17) is 0 Å². The Morgan fingerprint density at radius 1 is 0.951 bits per heavy atom. The minimum absolute atomic E-state index is 0.250. The van der Waals surface area contributed by atoms with Gasteiger partial charge in [0.05, 0.1) is 27.3 Å². The molecule has 41 heavy (non-hydrogen) atoms. The highest BCUT2D eigenvalue weighted by atomic mass is 32.1. The quantitative estimate of drug-likeness (QED) is 0.172. The molecule has 0 aliphatic rings. The van der Waals surface area contributed by atoms with E-state index in [1.807, 2.05) is 18.7 Å². The maximum Gasteiger partial charge on any atom is 0.325 e. The fraction of sp³-hybridized carbons (Fsp3) is 0.161. The zero-order valence-electron chi connectivity index (χ0n) is 22.3. The van der Waals surface area contributed by atoms with E-state index >= 15 is 4.39 Å². The molecule has 10 heteroatoms. The second kappa shape index (κ2) is 11.9. The highest BCUT2D eigenvalue weighted by molar-refractivity contribution is 7.22. The van der Waals surface area contributed by atoms with Crippen LogP contribution in [0.1, 0.15) is 25.8 Å². The van der Waals surface area contributed by atoms with E-state index < -0.39 is 17.7 Å². The molecule has 1 heterocycles. The number of halogens is 3. The van der Waals surface area contributed by atoms with Gasteiger partial charge in [-0.05, 0) is 66.4 Å². The van der Waals surface area contributed by atoms with Crippen molar-refractivity contribution in [2.24, 2.45) is 0 Å². The van der Waals surface area contributed by atoms with E-state index in [1.165, 1.54) is 36.4 Å². The summed E-state index contributed by atoms with van der Waals surface area (Å²) in [5.74, 6) is -1.69. The number of anilines is 4. The Morgan fingerprint density at radius 3 is 2.41 bits per heavy atom. The lowest BCUT2D eigenvalue weighted by atomic mass is 9.94. The predicted octanol–water partition coefficient (Wildman–Crippen LogP) is 8.84. The third-order valence-electron chi connectivity index (χ3n) is 6.55. The smallest absolute Gasteiger partial charge is 0.325 e. The molecule has 0 unspecified atom stereocenters. The van der Waals surface area contributed by atoms with Crippen molar-refractivity contribution in [1.82, 2.24) is 4.98 Å². The van der Waals surface area contributed by atoms with Gasteiger partial charge in [-0.15, -0.1) is 0 Å². The van der Waals surface area contributed by atoms with Crippen LogP contribution >= 0.6 is 11.3 Å². The number of thiazole rings is 1. The van der Waals surface area contributed by atoms with Crippen LogP contribution < -0.4 is 15.5 Å². The zero-order valence-corrected chi connectivity index (χ0v) is 23.2. The standard InChI is InChI=1S/C31H27F3N4O2S/c1-3-15-38(29-21(4-2)28(22(34)17-26(29)39)18-9-11-19(32)12-10-18)25-8-6-5-7-23(25)35-30(40)37-31-36-24-14-13-20(33)16-27(24)41-31/h5-14,16-17,39H,3-4,15H2,1-2H3,(H2,35,36,37,40). The molecule has 0 spiro atoms. The monoisotopic (exact) mass is 576 g/mol. The van der Waals surface area contributed by atoms with E-state index in [0.717, 1.165) is 17.4 Å². The van der Waals surface area contributed by atoms with Gasteiger partial charge in [-0.3, -0.25) is 5.32 Å². The van der Waals surface area contributed by atoms with Gasteiger partial charge >= 0.3 is 6.03 Å². The molecular formula is C31H27F3N4O2S. The number of amides is 2. The van der Waals surface area contributed by atoms with Gasteiger partial charge in [0, 0.05) is 18.2 Å². The van der Waals surface area contributed by atoms with Crippen LogP contribution in [0.4, 0.5) is 40.2 Å². The van der Waals surface area contributed by atoms with Crippen LogP contribution in [-0.4, -0.2) is 22.7 Å². The highest BCUT2D eigenvalue weighted by Crippen LogP contribution is 2.45. The molecule has 0 radical (unpaired) electrons. The molecule has 0 saturated carbocycles. The Balaban J connectivity index is 1.52. The second-order valence-corrected chi connectivity index (χ2v) is 10.3. The number of nitrogens with one attached hydrogen (secondary N) is 2. The van der Waals surface area contributed by atoms with Crippen LogP contribution in [0, 0.1) is 17.5 Å². The van der Waals surface area contributed by atoms with Crippen molar-refractivity contribution < 1.29 is 23.1 Å². The number of phenols is 1. The molecule has 2 amide bonds. The molecule has 0 aliphatic carbocycles. The number of nitrogens with zero attached hydrogens (tertiary/aromatic N) is 2. The van der Waals surface area contributed by atoms with E-state index in [9.17, 15) is 18.7 Å². The summed E-state index contributed by atoms with van der Waals surface area (Å²) < 4.78 is 43.1. The highest BCUT2D eigenvalue weighted by Gasteiger charge is 2.25. The summed E-state index contributed by atoms with van der Waals surface area (Å²) in [5.41, 5.74) is 3.30. The summed E-state index contributed by atoms with van der Waals surface area (Å²) in [6.45, 7) is 4.27. The third kappa shape index (κ3) is 5.83. The summed E-state index contributed by atoms with van der Waals surface area (Å²) in [5, 5.41) is 16.9. The first kappa shape index (κ1) is 28.0. The molecule has 5 rings (SSSR count). The van der Waals surface area contributed by atoms with Crippen LogP contribution in [-0.2, 0) is 6.42 Å². The van der Waals surface area contributed by atoms with Gasteiger partial charge in [0.25, 0.3) is 0 Å². The van der Waals surface area contributed by atoms with Crippen LogP contribution in [0.5, 0.6) is 5.75 Å². The van der Waals surface area contributed by atoms with Crippen LogP contribution in [0.15, 0.2) is 72.8 Å². The molecule has 1 aromatic heterocycles. The zero-order chi connectivity index (χ0) is 29.1. The first-order valence-corrected chi connectivity index (χ1v) is 13.9. The molecule has 0 fully saturated rings. The number of rotatable bonds is 8. The summed E-state index contributed by atoms with van der Waals surface area (Å²) >= 11 is 1.15. The fourth-order valence-corrected chi connectivity index (χ4v) is 5.73. The summed E-state index contributed by atoms with van der Waals surface area (Å²) in [6, 6.07) is 17.4. The number of phenolic OH excluding ortho intramolecular Hbond substituents is 1. The van der Waals surface area contributed by atoms with Crippen molar-refractivity contribution in [2.45, 2.75) is 26.7 Å². The maximum absolute atomic E-state index is 15.3.